The Labute approximate surface area is 696 Å². The van der Waals surface area contributed by atoms with Crippen LogP contribution in [-0.2, 0) is 150 Å². The molecule has 8 aliphatic rings. The lowest BCUT2D eigenvalue weighted by Gasteiger charge is -2.49. The van der Waals surface area contributed by atoms with E-state index in [0.717, 1.165) is 22.3 Å². The zero-order chi connectivity index (χ0) is 85.0. The average molecular weight is 1730 g/mol. The summed E-state index contributed by atoms with van der Waals surface area (Å²) in [6, 6.07) is 34.3. The van der Waals surface area contributed by atoms with Crippen molar-refractivity contribution in [2.45, 2.75) is 254 Å². The van der Waals surface area contributed by atoms with E-state index in [1.165, 1.54) is 7.11 Å². The molecule has 4 aromatic carbocycles. The van der Waals surface area contributed by atoms with Crippen LogP contribution in [0.15, 0.2) is 137 Å². The number of nitrogens with zero attached hydrogens (tertiary/aromatic N) is 9. The lowest BCUT2D eigenvalue weighted by molar-refractivity contribution is -0.347. The van der Waals surface area contributed by atoms with Crippen molar-refractivity contribution in [2.24, 2.45) is 50.9 Å². The number of methoxy groups -OCH3 is 1. The molecule has 32 atom stereocenters. The molecule has 0 spiro atoms. The molecule has 4 N–H and O–H groups in total. The minimum Gasteiger partial charge on any atom is -0.394 e. The Balaban J connectivity index is 0.721. The largest absolute Gasteiger partial charge is 0.397 e. The summed E-state index contributed by atoms with van der Waals surface area (Å²) in [6.45, 7) is 8.69. The van der Waals surface area contributed by atoms with E-state index in [4.69, 9.17) is 103 Å². The van der Waals surface area contributed by atoms with Gasteiger partial charge in [-0.05, 0) is 62.5 Å². The zero-order valence-electron chi connectivity index (χ0n) is 67.6. The standard InChI is InChI=1S/C79H109N9O30S2/c1-44-34-102-65(28-54(44)98-35-50-20-12-8-13-21-50)116-73-47(4)69(83-86-80)77(108-58(73)32-89)111-61-40-105-68(31-57(61)101-38-53-26-18-11-19-27-53)118-75-49(6)71(85-88-82)79(114-64(75)43-107-120(94,95)96)112-62-41-104-67(30-56(62)100-37-52-24-16-10-17-25-52)117-74-48(5)70(84-87-81)78(109-59(74)33-90)110-60-39-103-66(29-55(60)99-36-51-22-14-9-15-23-51)115-72-45(2)46(3)76(97-7)113-63(72)42-106-119(91,92)93/h8-27,44-49,54-79,89-90H,28-43H2,1-7H3,(H,91,92,93)(H,94,95,96)/t44-,45-,46?,47-,48-,49-,54+,55+,56+,57+,58?,59?,60-,61-,62-,63?,64?,65+,66+,67+,68+,69?,70?,71?,72+,73-,74-,75+,76+,77+,78-,79+/m1/s1. The average Bonchev–Trinajstić information content (AvgIpc) is 0.787. The molecule has 0 radical (unpaired) electrons. The van der Waals surface area contributed by atoms with Crippen LogP contribution in [0.5, 0.6) is 0 Å². The van der Waals surface area contributed by atoms with Crippen LogP contribution in [0.3, 0.4) is 0 Å². The molecule has 0 amide bonds. The molecule has 8 heterocycles. The summed E-state index contributed by atoms with van der Waals surface area (Å²) < 4.78 is 208. The van der Waals surface area contributed by atoms with Crippen LogP contribution in [0, 0.1) is 35.5 Å². The van der Waals surface area contributed by atoms with Crippen molar-refractivity contribution in [1.29, 1.82) is 0 Å². The third kappa shape index (κ3) is 25.3. The Hall–Kier alpha value is -6.33. The molecule has 4 aromatic rings. The second-order valence-electron chi connectivity index (χ2n) is 31.3. The molecule has 0 aromatic heterocycles. The molecule has 0 saturated carbocycles. The normalized spacial score (nSPS) is 37.6. The Morgan fingerprint density at radius 1 is 0.375 bits per heavy atom. The highest BCUT2D eigenvalue weighted by atomic mass is 32.3. The topological polar surface area (TPSA) is 499 Å². The Morgan fingerprint density at radius 2 is 0.658 bits per heavy atom. The van der Waals surface area contributed by atoms with Gasteiger partial charge in [-0.25, -0.2) is 8.37 Å². The van der Waals surface area contributed by atoms with E-state index in [0.29, 0.717) is 19.6 Å². The lowest BCUT2D eigenvalue weighted by Crippen LogP contribution is -2.60. The van der Waals surface area contributed by atoms with E-state index in [1.54, 1.807) is 20.8 Å². The Bertz CT molecular complexity index is 4190. The van der Waals surface area contributed by atoms with Gasteiger partial charge in [-0.3, -0.25) is 9.11 Å². The third-order valence-electron chi connectivity index (χ3n) is 23.2. The number of azide groups is 3. The lowest BCUT2D eigenvalue weighted by atomic mass is 9.84. The van der Waals surface area contributed by atoms with Gasteiger partial charge in [0.05, 0.1) is 146 Å². The molecule has 41 heteroatoms. The van der Waals surface area contributed by atoms with Crippen molar-refractivity contribution in [1.82, 2.24) is 0 Å². The van der Waals surface area contributed by atoms with Crippen LogP contribution < -0.4 is 0 Å². The third-order valence-corrected chi connectivity index (χ3v) is 24.1. The smallest absolute Gasteiger partial charge is 0.394 e. The summed E-state index contributed by atoms with van der Waals surface area (Å²) in [4.78, 5) is 9.54. The number of ether oxygens (including phenoxy) is 20. The van der Waals surface area contributed by atoms with Gasteiger partial charge >= 0.3 is 20.8 Å². The summed E-state index contributed by atoms with van der Waals surface area (Å²) in [5, 5.41) is 34.6. The summed E-state index contributed by atoms with van der Waals surface area (Å²) in [5.41, 5.74) is 33.9. The predicted octanol–water partition coefficient (Wildman–Crippen LogP) is 9.03. The fraction of sp³-hybridized carbons (Fsp3) is 0.696. The maximum Gasteiger partial charge on any atom is 0.397 e. The van der Waals surface area contributed by atoms with Gasteiger partial charge in [0.2, 0.25) is 0 Å². The highest BCUT2D eigenvalue weighted by Gasteiger charge is 2.55. The Kier molecular flexibility index (Phi) is 34.4. The van der Waals surface area contributed by atoms with Gasteiger partial charge in [0.25, 0.3) is 0 Å². The fourth-order valence-corrected chi connectivity index (χ4v) is 17.0. The van der Waals surface area contributed by atoms with Crippen molar-refractivity contribution in [2.75, 3.05) is 60.0 Å². The highest BCUT2D eigenvalue weighted by Crippen LogP contribution is 2.43. The Morgan fingerprint density at radius 3 is 0.967 bits per heavy atom. The molecule has 8 fully saturated rings. The molecule has 662 valence electrons. The summed E-state index contributed by atoms with van der Waals surface area (Å²) in [7, 11) is -8.57. The fourth-order valence-electron chi connectivity index (χ4n) is 16.4. The minimum atomic E-state index is -5.15. The quantitative estimate of drug-likeness (QED) is 0.0141. The van der Waals surface area contributed by atoms with Crippen LogP contribution in [0.25, 0.3) is 31.3 Å². The second kappa shape index (κ2) is 44.5. The molecule has 8 aliphatic heterocycles. The van der Waals surface area contributed by atoms with Crippen LogP contribution in [0.1, 0.15) is 89.5 Å². The van der Waals surface area contributed by atoms with Gasteiger partial charge in [0, 0.05) is 59.4 Å². The molecule has 0 aliphatic carbocycles. The predicted molar refractivity (Wildman–Crippen MR) is 416 cm³/mol. The molecule has 8 unspecified atom stereocenters. The molecular weight excluding hydrogens is 1620 g/mol. The van der Waals surface area contributed by atoms with Gasteiger partial charge in [-0.15, -0.1) is 0 Å². The van der Waals surface area contributed by atoms with Crippen molar-refractivity contribution >= 4 is 20.8 Å². The first-order chi connectivity index (χ1) is 57.9. The summed E-state index contributed by atoms with van der Waals surface area (Å²) in [6.07, 6.45) is -23.0. The van der Waals surface area contributed by atoms with E-state index >= 15 is 0 Å². The number of aliphatic hydroxyl groups is 2. The van der Waals surface area contributed by atoms with Crippen LogP contribution in [0.2, 0.25) is 0 Å². The maximum absolute atomic E-state index is 12.5. The first kappa shape index (κ1) is 92.8. The van der Waals surface area contributed by atoms with Crippen molar-refractivity contribution in [3.63, 3.8) is 0 Å². The summed E-state index contributed by atoms with van der Waals surface area (Å²) in [5.74, 6) is -2.83. The van der Waals surface area contributed by atoms with E-state index in [1.807, 2.05) is 142 Å². The first-order valence-corrected chi connectivity index (χ1v) is 43.0. The van der Waals surface area contributed by atoms with Gasteiger partial charge in [-0.2, -0.15) is 16.8 Å². The van der Waals surface area contributed by atoms with Crippen LogP contribution >= 0.6 is 0 Å². The summed E-state index contributed by atoms with van der Waals surface area (Å²) >= 11 is 0. The number of rotatable bonds is 38. The number of hydrogen-bond donors (Lipinski definition) is 4. The highest BCUT2D eigenvalue weighted by molar-refractivity contribution is 7.81. The van der Waals surface area contributed by atoms with E-state index in [9.17, 15) is 52.7 Å². The van der Waals surface area contributed by atoms with Gasteiger partial charge in [0.1, 0.15) is 42.7 Å². The van der Waals surface area contributed by atoms with E-state index < -0.39 is 219 Å². The molecule has 8 saturated heterocycles. The number of hydrogen-bond acceptors (Lipinski definition) is 31. The molecule has 120 heavy (non-hydrogen) atoms. The molecule has 12 rings (SSSR count). The first-order valence-electron chi connectivity index (χ1n) is 40.3. The van der Waals surface area contributed by atoms with E-state index in [-0.39, 0.29) is 82.8 Å². The van der Waals surface area contributed by atoms with E-state index in [2.05, 4.69) is 30.1 Å². The second-order valence-corrected chi connectivity index (χ2v) is 33.5. The minimum absolute atomic E-state index is 0.0370. The molecular formula is C79H109N9O30S2. The molecule has 39 nitrogen and oxygen atoms in total. The van der Waals surface area contributed by atoms with Gasteiger partial charge < -0.3 is 105 Å². The van der Waals surface area contributed by atoms with Crippen LogP contribution in [-0.4, -0.2) is 256 Å². The SMILES string of the molecule is CO[C@H]1OC(COS(=O)(=O)O)[C@@H](O[C@H]2C[C@H](OCc3ccccc3)[C@H](O[C@H]3OC(CO)[C@H](O[C@H]4C[C@H](OCc5ccccc5)[C@H](O[C@H]5OC(COS(=O)(=O)O)[C@@H](O[C@H]6C[C@H](OCc7ccccc7)[C@H](O[C@@H]7OC(CO)[C@H](O[C@H]8C[C@H](OCc9ccccc9)[C@H](C)CO8)[C@H](C)C7N=[N+]=[N-])CO6)[C@H](C)C5N=[N+]=[N-])CO4)[C@H](C)C3N=[N+]=[N-])CO2)[C@H](C)C1C. The van der Waals surface area contributed by atoms with Gasteiger partial charge in [-0.1, -0.05) is 178 Å². The van der Waals surface area contributed by atoms with Crippen molar-refractivity contribution < 1.29 is 139 Å². The van der Waals surface area contributed by atoms with Crippen LogP contribution in [0.4, 0.5) is 0 Å². The maximum atomic E-state index is 12.5. The van der Waals surface area contributed by atoms with Gasteiger partial charge in [0.15, 0.2) is 50.3 Å². The molecule has 0 bridgehead atoms. The number of aliphatic hydroxyl groups excluding tert-OH is 2. The zero-order valence-corrected chi connectivity index (χ0v) is 69.2. The van der Waals surface area contributed by atoms with Crippen molar-refractivity contribution in [3.05, 3.63) is 175 Å². The van der Waals surface area contributed by atoms with Crippen molar-refractivity contribution in [3.8, 4) is 0 Å². The monoisotopic (exact) mass is 1730 g/mol. The number of benzene rings is 4.